The fourth-order valence-electron chi connectivity index (χ4n) is 1.90. The third-order valence-electron chi connectivity index (χ3n) is 3.07. The summed E-state index contributed by atoms with van der Waals surface area (Å²) in [5.74, 6) is 0.106. The van der Waals surface area contributed by atoms with Gasteiger partial charge in [0, 0.05) is 18.1 Å². The van der Waals surface area contributed by atoms with Crippen molar-refractivity contribution in [2.45, 2.75) is 13.8 Å². The summed E-state index contributed by atoms with van der Waals surface area (Å²) >= 11 is 11.9. The van der Waals surface area contributed by atoms with E-state index in [4.69, 9.17) is 27.9 Å². The van der Waals surface area contributed by atoms with Gasteiger partial charge in [0.05, 0.1) is 17.7 Å². The molecule has 0 fully saturated rings. The Hall–Kier alpha value is -0.680. The lowest BCUT2D eigenvalue weighted by molar-refractivity contribution is 0.0946. The van der Waals surface area contributed by atoms with E-state index in [1.54, 1.807) is 12.1 Å². The average molecular weight is 356 g/mol. The quantitative estimate of drug-likeness (QED) is 0.814. The van der Waals surface area contributed by atoms with Crippen LogP contribution in [0.15, 0.2) is 12.1 Å². The van der Waals surface area contributed by atoms with Gasteiger partial charge < -0.3 is 15.0 Å². The number of nitrogens with zero attached hydrogens (tertiary/aromatic N) is 1. The van der Waals surface area contributed by atoms with Gasteiger partial charge in [0.2, 0.25) is 0 Å². The monoisotopic (exact) mass is 354 g/mol. The van der Waals surface area contributed by atoms with Gasteiger partial charge in [-0.3, -0.25) is 4.79 Å². The summed E-state index contributed by atoms with van der Waals surface area (Å²) in [7, 11) is 1.47. The molecule has 21 heavy (non-hydrogen) atoms. The van der Waals surface area contributed by atoms with Gasteiger partial charge >= 0.3 is 0 Å². The first kappa shape index (κ1) is 20.3. The molecule has 1 aromatic rings. The number of amides is 1. The maximum absolute atomic E-state index is 12.2. The normalized spacial score (nSPS) is 10.2. The van der Waals surface area contributed by atoms with Crippen molar-refractivity contribution >= 4 is 41.5 Å². The van der Waals surface area contributed by atoms with E-state index in [1.165, 1.54) is 7.11 Å². The Bertz CT molecular complexity index is 466. The fourth-order valence-corrected chi connectivity index (χ4v) is 2.47. The number of benzene rings is 1. The lowest BCUT2D eigenvalue weighted by atomic mass is 10.2. The Balaban J connectivity index is 0.00000400. The van der Waals surface area contributed by atoms with E-state index in [1.807, 2.05) is 0 Å². The summed E-state index contributed by atoms with van der Waals surface area (Å²) in [6.07, 6.45) is 0. The molecule has 1 amide bonds. The Morgan fingerprint density at radius 3 is 2.43 bits per heavy atom. The molecule has 0 unspecified atom stereocenters. The fraction of sp³-hybridized carbons (Fsp3) is 0.500. The summed E-state index contributed by atoms with van der Waals surface area (Å²) in [6.45, 7) is 7.46. The highest BCUT2D eigenvalue weighted by molar-refractivity contribution is 6.36. The van der Waals surface area contributed by atoms with Crippen molar-refractivity contribution in [2.75, 3.05) is 33.3 Å². The zero-order valence-electron chi connectivity index (χ0n) is 12.4. The molecule has 0 aromatic heterocycles. The van der Waals surface area contributed by atoms with Crippen LogP contribution < -0.4 is 10.1 Å². The van der Waals surface area contributed by atoms with Crippen LogP contribution in [0.25, 0.3) is 0 Å². The molecule has 0 heterocycles. The maximum atomic E-state index is 12.2. The number of hydrogen-bond acceptors (Lipinski definition) is 3. The van der Waals surface area contributed by atoms with Gasteiger partial charge in [-0.2, -0.15) is 0 Å². The standard InChI is InChI=1S/C14H20Cl2N2O2.ClH/c1-4-18(5-2)7-6-17-14(19)11-8-10(15)9-12(16)13(11)20-3;/h8-9H,4-7H2,1-3H3,(H,17,19);1H. The van der Waals surface area contributed by atoms with Gasteiger partial charge in [-0.25, -0.2) is 0 Å². The van der Waals surface area contributed by atoms with Crippen LogP contribution >= 0.6 is 35.6 Å². The van der Waals surface area contributed by atoms with E-state index in [-0.39, 0.29) is 18.3 Å². The zero-order chi connectivity index (χ0) is 15.1. The second kappa shape index (κ2) is 10.1. The minimum atomic E-state index is -0.238. The SMILES string of the molecule is CCN(CC)CCNC(=O)c1cc(Cl)cc(Cl)c1OC.Cl. The van der Waals surface area contributed by atoms with Crippen molar-refractivity contribution < 1.29 is 9.53 Å². The van der Waals surface area contributed by atoms with Gasteiger partial charge in [0.1, 0.15) is 5.75 Å². The molecule has 4 nitrogen and oxygen atoms in total. The molecule has 1 rings (SSSR count). The Morgan fingerprint density at radius 1 is 1.29 bits per heavy atom. The Morgan fingerprint density at radius 2 is 1.90 bits per heavy atom. The topological polar surface area (TPSA) is 41.6 Å². The second-order valence-corrected chi connectivity index (χ2v) is 5.09. The van der Waals surface area contributed by atoms with Crippen molar-refractivity contribution in [1.29, 1.82) is 0 Å². The summed E-state index contributed by atoms with van der Waals surface area (Å²) in [4.78, 5) is 14.4. The first-order valence-electron chi connectivity index (χ1n) is 6.57. The number of nitrogens with one attached hydrogen (secondary N) is 1. The van der Waals surface area contributed by atoms with E-state index >= 15 is 0 Å². The highest BCUT2D eigenvalue weighted by Gasteiger charge is 2.16. The molecule has 120 valence electrons. The smallest absolute Gasteiger partial charge is 0.255 e. The van der Waals surface area contributed by atoms with Crippen LogP contribution in [0.4, 0.5) is 0 Å². The molecule has 7 heteroatoms. The molecule has 0 aliphatic carbocycles. The van der Waals surface area contributed by atoms with Gasteiger partial charge in [-0.1, -0.05) is 37.0 Å². The number of carbonyl (C=O) groups excluding carboxylic acids is 1. The molecule has 0 spiro atoms. The number of carbonyl (C=O) groups is 1. The van der Waals surface area contributed by atoms with Gasteiger partial charge in [-0.15, -0.1) is 12.4 Å². The van der Waals surface area contributed by atoms with Crippen LogP contribution in [0.3, 0.4) is 0 Å². The number of likely N-dealkylation sites (N-methyl/N-ethyl adjacent to an activating group) is 1. The van der Waals surface area contributed by atoms with Crippen LogP contribution in [0.5, 0.6) is 5.75 Å². The predicted molar refractivity (Wildman–Crippen MR) is 90.4 cm³/mol. The predicted octanol–water partition coefficient (Wildman–Crippen LogP) is 3.50. The molecule has 0 bridgehead atoms. The third kappa shape index (κ3) is 5.91. The number of hydrogen-bond donors (Lipinski definition) is 1. The van der Waals surface area contributed by atoms with Crippen LogP contribution in [0.2, 0.25) is 10.0 Å². The van der Waals surface area contributed by atoms with Crippen LogP contribution in [0.1, 0.15) is 24.2 Å². The van der Waals surface area contributed by atoms with Crippen LogP contribution in [-0.2, 0) is 0 Å². The average Bonchev–Trinajstić information content (AvgIpc) is 2.42. The molecule has 0 saturated carbocycles. The van der Waals surface area contributed by atoms with Crippen LogP contribution in [0, 0.1) is 0 Å². The number of ether oxygens (including phenoxy) is 1. The van der Waals surface area contributed by atoms with Gasteiger partial charge in [-0.05, 0) is 25.2 Å². The van der Waals surface area contributed by atoms with E-state index in [0.717, 1.165) is 19.6 Å². The lowest BCUT2D eigenvalue weighted by Gasteiger charge is -2.18. The second-order valence-electron chi connectivity index (χ2n) is 4.25. The van der Waals surface area contributed by atoms with E-state index in [2.05, 4.69) is 24.1 Å². The zero-order valence-corrected chi connectivity index (χ0v) is 14.7. The summed E-state index contributed by atoms with van der Waals surface area (Å²) in [6, 6.07) is 3.10. The molecule has 1 N–H and O–H groups in total. The van der Waals surface area contributed by atoms with E-state index in [0.29, 0.717) is 27.9 Å². The maximum Gasteiger partial charge on any atom is 0.255 e. The van der Waals surface area contributed by atoms with E-state index < -0.39 is 0 Å². The largest absolute Gasteiger partial charge is 0.494 e. The molecule has 1 aromatic carbocycles. The molecule has 0 aliphatic rings. The summed E-state index contributed by atoms with van der Waals surface area (Å²) in [5.41, 5.74) is 0.351. The van der Waals surface area contributed by atoms with Crippen molar-refractivity contribution in [3.8, 4) is 5.75 Å². The summed E-state index contributed by atoms with van der Waals surface area (Å²) in [5, 5.41) is 3.58. The minimum absolute atomic E-state index is 0. The molecular weight excluding hydrogens is 335 g/mol. The number of methoxy groups -OCH3 is 1. The Kier molecular flexibility index (Phi) is 9.79. The molecule has 0 atom stereocenters. The minimum Gasteiger partial charge on any atom is -0.494 e. The number of rotatable bonds is 7. The van der Waals surface area contributed by atoms with Crippen molar-refractivity contribution in [3.63, 3.8) is 0 Å². The lowest BCUT2D eigenvalue weighted by Crippen LogP contribution is -2.34. The van der Waals surface area contributed by atoms with Crippen LogP contribution in [-0.4, -0.2) is 44.1 Å². The summed E-state index contributed by atoms with van der Waals surface area (Å²) < 4.78 is 5.16. The molecule has 0 saturated heterocycles. The van der Waals surface area contributed by atoms with Gasteiger partial charge in [0.15, 0.2) is 0 Å². The molecule has 0 aliphatic heterocycles. The first-order chi connectivity index (χ1) is 9.53. The highest BCUT2D eigenvalue weighted by Crippen LogP contribution is 2.31. The third-order valence-corrected chi connectivity index (χ3v) is 3.56. The van der Waals surface area contributed by atoms with Crippen molar-refractivity contribution in [1.82, 2.24) is 10.2 Å². The van der Waals surface area contributed by atoms with Crippen molar-refractivity contribution in [3.05, 3.63) is 27.7 Å². The Labute approximate surface area is 142 Å². The molecule has 0 radical (unpaired) electrons. The highest BCUT2D eigenvalue weighted by atomic mass is 35.5. The van der Waals surface area contributed by atoms with Gasteiger partial charge in [0.25, 0.3) is 5.91 Å². The van der Waals surface area contributed by atoms with Crippen molar-refractivity contribution in [2.24, 2.45) is 0 Å². The molecular formula is C14H21Cl3N2O2. The number of halogens is 3. The first-order valence-corrected chi connectivity index (χ1v) is 7.32. The van der Waals surface area contributed by atoms with E-state index in [9.17, 15) is 4.79 Å².